The van der Waals surface area contributed by atoms with Gasteiger partial charge in [0.1, 0.15) is 11.8 Å². The second-order valence-corrected chi connectivity index (χ2v) is 6.75. The SMILES string of the molecule is CNC(C(=O)NCc1ccc(C)cc1OCC1CC1)c1cnn(C)c1. The van der Waals surface area contributed by atoms with Crippen molar-refractivity contribution in [2.75, 3.05) is 13.7 Å². The van der Waals surface area contributed by atoms with E-state index >= 15 is 0 Å². The maximum absolute atomic E-state index is 12.6. The molecule has 0 bridgehead atoms. The highest BCUT2D eigenvalue weighted by atomic mass is 16.5. The quantitative estimate of drug-likeness (QED) is 0.771. The summed E-state index contributed by atoms with van der Waals surface area (Å²) in [7, 11) is 3.61. The van der Waals surface area contributed by atoms with Crippen LogP contribution in [-0.2, 0) is 18.4 Å². The number of nitrogens with one attached hydrogen (secondary N) is 2. The Labute approximate surface area is 148 Å². The Morgan fingerprint density at radius 1 is 1.44 bits per heavy atom. The lowest BCUT2D eigenvalue weighted by atomic mass is 10.1. The molecule has 1 amide bonds. The van der Waals surface area contributed by atoms with Gasteiger partial charge in [-0.1, -0.05) is 12.1 Å². The van der Waals surface area contributed by atoms with Gasteiger partial charge >= 0.3 is 0 Å². The van der Waals surface area contributed by atoms with Crippen molar-refractivity contribution in [1.82, 2.24) is 20.4 Å². The molecule has 2 N–H and O–H groups in total. The summed E-state index contributed by atoms with van der Waals surface area (Å²) in [5, 5.41) is 10.2. The largest absolute Gasteiger partial charge is 0.493 e. The summed E-state index contributed by atoms with van der Waals surface area (Å²) < 4.78 is 7.66. The topological polar surface area (TPSA) is 68.2 Å². The van der Waals surface area contributed by atoms with Crippen molar-refractivity contribution in [2.24, 2.45) is 13.0 Å². The zero-order valence-electron chi connectivity index (χ0n) is 15.1. The molecular weight excluding hydrogens is 316 g/mol. The van der Waals surface area contributed by atoms with Crippen molar-refractivity contribution >= 4 is 5.91 Å². The Hall–Kier alpha value is -2.34. The second-order valence-electron chi connectivity index (χ2n) is 6.75. The van der Waals surface area contributed by atoms with Gasteiger partial charge in [0.25, 0.3) is 0 Å². The monoisotopic (exact) mass is 342 g/mol. The van der Waals surface area contributed by atoms with E-state index in [0.29, 0.717) is 12.5 Å². The average Bonchev–Trinajstić information content (AvgIpc) is 3.33. The van der Waals surface area contributed by atoms with Gasteiger partial charge < -0.3 is 15.4 Å². The van der Waals surface area contributed by atoms with E-state index in [1.807, 2.05) is 38.4 Å². The third-order valence-electron chi connectivity index (χ3n) is 4.46. The number of nitrogens with zero attached hydrogens (tertiary/aromatic N) is 2. The highest BCUT2D eigenvalue weighted by Gasteiger charge is 2.23. The van der Waals surface area contributed by atoms with Gasteiger partial charge in [-0.3, -0.25) is 9.48 Å². The fourth-order valence-corrected chi connectivity index (χ4v) is 2.76. The molecule has 1 aliphatic rings. The number of ether oxygens (including phenoxy) is 1. The van der Waals surface area contributed by atoms with Gasteiger partial charge in [-0.25, -0.2) is 0 Å². The van der Waals surface area contributed by atoms with Gasteiger partial charge in [-0.15, -0.1) is 0 Å². The van der Waals surface area contributed by atoms with Crippen LogP contribution in [-0.4, -0.2) is 29.3 Å². The zero-order chi connectivity index (χ0) is 17.8. The van der Waals surface area contributed by atoms with Crippen molar-refractivity contribution in [2.45, 2.75) is 32.4 Å². The van der Waals surface area contributed by atoms with E-state index in [4.69, 9.17) is 4.74 Å². The van der Waals surface area contributed by atoms with Crippen LogP contribution in [0.1, 0.15) is 35.6 Å². The zero-order valence-corrected chi connectivity index (χ0v) is 15.1. The molecule has 1 fully saturated rings. The van der Waals surface area contributed by atoms with Crippen molar-refractivity contribution in [3.05, 3.63) is 47.3 Å². The lowest BCUT2D eigenvalue weighted by molar-refractivity contribution is -0.123. The summed E-state index contributed by atoms with van der Waals surface area (Å²) >= 11 is 0. The molecule has 1 aromatic carbocycles. The highest BCUT2D eigenvalue weighted by molar-refractivity contribution is 5.83. The van der Waals surface area contributed by atoms with E-state index in [1.165, 1.54) is 12.8 Å². The van der Waals surface area contributed by atoms with Crippen LogP contribution < -0.4 is 15.4 Å². The van der Waals surface area contributed by atoms with Crippen LogP contribution in [0.15, 0.2) is 30.6 Å². The minimum absolute atomic E-state index is 0.0794. The molecule has 1 heterocycles. The third-order valence-corrected chi connectivity index (χ3v) is 4.46. The molecule has 0 saturated heterocycles. The summed E-state index contributed by atoms with van der Waals surface area (Å²) in [6.07, 6.45) is 6.06. The standard InChI is InChI=1S/C19H26N4O2/c1-13-4-7-15(17(8-13)25-12-14-5-6-14)9-21-19(24)18(20-2)16-10-22-23(3)11-16/h4,7-8,10-11,14,18,20H,5-6,9,12H2,1-3H3,(H,21,24). The maximum Gasteiger partial charge on any atom is 0.242 e. The second kappa shape index (κ2) is 7.70. The number of carbonyl (C=O) groups excluding carboxylic acids is 1. The lowest BCUT2D eigenvalue weighted by Crippen LogP contribution is -2.35. The predicted octanol–water partition coefficient (Wildman–Crippen LogP) is 2.09. The van der Waals surface area contributed by atoms with Gasteiger partial charge in [-0.2, -0.15) is 5.10 Å². The van der Waals surface area contributed by atoms with Gasteiger partial charge in [0.2, 0.25) is 5.91 Å². The minimum Gasteiger partial charge on any atom is -0.493 e. The Morgan fingerprint density at radius 2 is 2.24 bits per heavy atom. The Balaban J connectivity index is 1.64. The fraction of sp³-hybridized carbons (Fsp3) is 0.474. The number of hydrogen-bond donors (Lipinski definition) is 2. The van der Waals surface area contributed by atoms with Crippen LogP contribution in [0.3, 0.4) is 0 Å². The molecule has 1 atom stereocenters. The first kappa shape index (κ1) is 17.5. The summed E-state index contributed by atoms with van der Waals surface area (Å²) in [6, 6.07) is 5.69. The van der Waals surface area contributed by atoms with Crippen molar-refractivity contribution in [3.63, 3.8) is 0 Å². The highest BCUT2D eigenvalue weighted by Crippen LogP contribution is 2.30. The van der Waals surface area contributed by atoms with Gasteiger partial charge in [0.15, 0.2) is 0 Å². The van der Waals surface area contributed by atoms with E-state index in [2.05, 4.69) is 15.7 Å². The number of carbonyl (C=O) groups is 1. The molecule has 6 heteroatoms. The van der Waals surface area contributed by atoms with Crippen LogP contribution in [0.25, 0.3) is 0 Å². The van der Waals surface area contributed by atoms with E-state index in [1.54, 1.807) is 17.9 Å². The van der Waals surface area contributed by atoms with Crippen LogP contribution in [0.4, 0.5) is 0 Å². The summed E-state index contributed by atoms with van der Waals surface area (Å²) in [5.74, 6) is 1.49. The molecule has 25 heavy (non-hydrogen) atoms. The number of aryl methyl sites for hydroxylation is 2. The lowest BCUT2D eigenvalue weighted by Gasteiger charge is -2.16. The fourth-order valence-electron chi connectivity index (χ4n) is 2.76. The van der Waals surface area contributed by atoms with E-state index in [9.17, 15) is 4.79 Å². The van der Waals surface area contributed by atoms with Crippen molar-refractivity contribution < 1.29 is 9.53 Å². The molecule has 1 aromatic heterocycles. The molecule has 1 saturated carbocycles. The number of likely N-dealkylation sites (N-methyl/N-ethyl adjacent to an activating group) is 1. The van der Waals surface area contributed by atoms with Crippen molar-refractivity contribution in [3.8, 4) is 5.75 Å². The van der Waals surface area contributed by atoms with E-state index < -0.39 is 6.04 Å². The van der Waals surface area contributed by atoms with E-state index in [-0.39, 0.29) is 5.91 Å². The Bertz CT molecular complexity index is 737. The van der Waals surface area contributed by atoms with Crippen LogP contribution in [0.5, 0.6) is 5.75 Å². The minimum atomic E-state index is -0.421. The number of aromatic nitrogens is 2. The molecule has 3 rings (SSSR count). The molecule has 1 aliphatic carbocycles. The summed E-state index contributed by atoms with van der Waals surface area (Å²) in [6.45, 7) is 3.25. The molecule has 1 unspecified atom stereocenters. The number of rotatable bonds is 8. The van der Waals surface area contributed by atoms with Crippen LogP contribution >= 0.6 is 0 Å². The number of amides is 1. The van der Waals surface area contributed by atoms with Gasteiger partial charge in [-0.05, 0) is 44.4 Å². The normalized spacial score (nSPS) is 15.0. The third kappa shape index (κ3) is 4.60. The van der Waals surface area contributed by atoms with Gasteiger partial charge in [0, 0.05) is 30.9 Å². The van der Waals surface area contributed by atoms with Crippen molar-refractivity contribution in [1.29, 1.82) is 0 Å². The Morgan fingerprint density at radius 3 is 2.88 bits per heavy atom. The van der Waals surface area contributed by atoms with Crippen LogP contribution in [0, 0.1) is 12.8 Å². The molecule has 0 spiro atoms. The average molecular weight is 342 g/mol. The molecular formula is C19H26N4O2. The molecule has 0 aliphatic heterocycles. The molecule has 2 aromatic rings. The first-order chi connectivity index (χ1) is 12.1. The number of hydrogen-bond acceptors (Lipinski definition) is 4. The molecule has 134 valence electrons. The predicted molar refractivity (Wildman–Crippen MR) is 96.3 cm³/mol. The molecule has 0 radical (unpaired) electrons. The summed E-state index contributed by atoms with van der Waals surface area (Å²) in [4.78, 5) is 12.6. The van der Waals surface area contributed by atoms with E-state index in [0.717, 1.165) is 29.0 Å². The first-order valence-electron chi connectivity index (χ1n) is 8.72. The Kier molecular flexibility index (Phi) is 5.38. The molecule has 6 nitrogen and oxygen atoms in total. The van der Waals surface area contributed by atoms with Crippen LogP contribution in [0.2, 0.25) is 0 Å². The summed E-state index contributed by atoms with van der Waals surface area (Å²) in [5.41, 5.74) is 3.00. The number of benzene rings is 1. The smallest absolute Gasteiger partial charge is 0.242 e. The first-order valence-corrected chi connectivity index (χ1v) is 8.72. The van der Waals surface area contributed by atoms with Gasteiger partial charge in [0.05, 0.1) is 12.8 Å². The maximum atomic E-state index is 12.6.